The number of hydrogen-bond acceptors (Lipinski definition) is 3. The second-order valence-corrected chi connectivity index (χ2v) is 6.10. The van der Waals surface area contributed by atoms with Crippen molar-refractivity contribution in [3.63, 3.8) is 0 Å². The molecule has 0 aromatic heterocycles. The van der Waals surface area contributed by atoms with Crippen LogP contribution in [0, 0.1) is 11.8 Å². The molecule has 110 valence electrons. The molecule has 4 N–H and O–H groups in total. The molecule has 0 radical (unpaired) electrons. The summed E-state index contributed by atoms with van der Waals surface area (Å²) in [7, 11) is -4.39. The molecule has 1 rings (SSSR count). The molecule has 0 fully saturated rings. The summed E-state index contributed by atoms with van der Waals surface area (Å²) in [6, 6.07) is 5.28. The fourth-order valence-electron chi connectivity index (χ4n) is 1.46. The molecule has 0 spiro atoms. The number of anilines is 1. The molecule has 8 heteroatoms. The zero-order valence-corrected chi connectivity index (χ0v) is 11.9. The molecular weight excluding hydrogens is 285 g/mol. The van der Waals surface area contributed by atoms with Crippen LogP contribution in [0.4, 0.5) is 5.69 Å². The van der Waals surface area contributed by atoms with E-state index < -0.39 is 31.3 Å². The van der Waals surface area contributed by atoms with E-state index in [2.05, 4.69) is 5.32 Å². The highest BCUT2D eigenvalue weighted by Gasteiger charge is 2.26. The maximum Gasteiger partial charge on any atom is 0.356 e. The summed E-state index contributed by atoms with van der Waals surface area (Å²) in [5.74, 6) is -3.24. The Morgan fingerprint density at radius 1 is 1.20 bits per heavy atom. The van der Waals surface area contributed by atoms with E-state index >= 15 is 0 Å². The van der Waals surface area contributed by atoms with Crippen molar-refractivity contribution >= 4 is 30.5 Å². The van der Waals surface area contributed by atoms with Gasteiger partial charge in [0, 0.05) is 11.6 Å². The van der Waals surface area contributed by atoms with Crippen LogP contribution in [-0.4, -0.2) is 26.8 Å². The van der Waals surface area contributed by atoms with Crippen LogP contribution in [0.2, 0.25) is 0 Å². The summed E-state index contributed by atoms with van der Waals surface area (Å²) in [6.07, 6.45) is 0. The Hall–Kier alpha value is -1.69. The van der Waals surface area contributed by atoms with Crippen LogP contribution >= 0.6 is 7.60 Å². The van der Waals surface area contributed by atoms with E-state index in [9.17, 15) is 14.2 Å². The van der Waals surface area contributed by atoms with Crippen LogP contribution in [0.3, 0.4) is 0 Å². The topological polar surface area (TPSA) is 124 Å². The highest BCUT2D eigenvalue weighted by molar-refractivity contribution is 7.60. The van der Waals surface area contributed by atoms with Crippen LogP contribution < -0.4 is 10.6 Å². The highest BCUT2D eigenvalue weighted by atomic mass is 31.2. The summed E-state index contributed by atoms with van der Waals surface area (Å²) < 4.78 is 11.1. The van der Waals surface area contributed by atoms with Gasteiger partial charge < -0.3 is 20.2 Å². The smallest absolute Gasteiger partial charge is 0.356 e. The van der Waals surface area contributed by atoms with E-state index in [0.29, 0.717) is 0 Å². The van der Waals surface area contributed by atoms with E-state index in [1.54, 1.807) is 0 Å². The maximum atomic E-state index is 11.9. The van der Waals surface area contributed by atoms with Gasteiger partial charge in [-0.15, -0.1) is 0 Å². The SMILES string of the molecule is C[C@@H](C(=O)O)[C@@H](C)C(=O)Nc1cccc(P(=O)(O)O)c1. The van der Waals surface area contributed by atoms with Crippen molar-refractivity contribution in [1.29, 1.82) is 0 Å². The van der Waals surface area contributed by atoms with Crippen molar-refractivity contribution < 1.29 is 29.0 Å². The van der Waals surface area contributed by atoms with Gasteiger partial charge in [0.05, 0.1) is 11.2 Å². The van der Waals surface area contributed by atoms with Crippen LogP contribution in [0.5, 0.6) is 0 Å². The van der Waals surface area contributed by atoms with Gasteiger partial charge in [-0.3, -0.25) is 14.2 Å². The molecule has 0 saturated heterocycles. The molecule has 0 saturated carbocycles. The predicted octanol–water partition coefficient (Wildman–Crippen LogP) is 0.785. The first-order chi connectivity index (χ1) is 9.12. The average Bonchev–Trinajstić information content (AvgIpc) is 2.36. The Morgan fingerprint density at radius 2 is 1.80 bits per heavy atom. The number of benzene rings is 1. The van der Waals surface area contributed by atoms with Crippen LogP contribution in [0.1, 0.15) is 13.8 Å². The number of aliphatic carboxylic acids is 1. The Bertz CT molecular complexity index is 567. The summed E-state index contributed by atoms with van der Waals surface area (Å²) in [5, 5.41) is 11.1. The number of carbonyl (C=O) groups is 2. The lowest BCUT2D eigenvalue weighted by atomic mass is 9.95. The van der Waals surface area contributed by atoms with Crippen LogP contribution in [-0.2, 0) is 14.2 Å². The van der Waals surface area contributed by atoms with Gasteiger partial charge in [-0.25, -0.2) is 0 Å². The zero-order chi connectivity index (χ0) is 15.5. The third-order valence-corrected chi connectivity index (χ3v) is 3.95. The molecule has 0 aliphatic heterocycles. The van der Waals surface area contributed by atoms with Crippen molar-refractivity contribution in [2.24, 2.45) is 11.8 Å². The first-order valence-electron chi connectivity index (χ1n) is 5.82. The number of rotatable bonds is 5. The van der Waals surface area contributed by atoms with E-state index in [1.807, 2.05) is 0 Å². The van der Waals surface area contributed by atoms with Crippen molar-refractivity contribution in [2.75, 3.05) is 5.32 Å². The number of nitrogens with one attached hydrogen (secondary N) is 1. The molecule has 1 amide bonds. The number of carboxylic acid groups (broad SMARTS) is 1. The number of carboxylic acids is 1. The Balaban J connectivity index is 2.86. The lowest BCUT2D eigenvalue weighted by Gasteiger charge is -2.16. The molecule has 1 aromatic carbocycles. The molecule has 1 aromatic rings. The fraction of sp³-hybridized carbons (Fsp3) is 0.333. The van der Waals surface area contributed by atoms with Crippen molar-refractivity contribution in [3.8, 4) is 0 Å². The Labute approximate surface area is 115 Å². The van der Waals surface area contributed by atoms with Gasteiger partial charge in [0.1, 0.15) is 0 Å². The molecule has 0 bridgehead atoms. The number of hydrogen-bond donors (Lipinski definition) is 4. The quantitative estimate of drug-likeness (QED) is 0.596. The van der Waals surface area contributed by atoms with Gasteiger partial charge in [-0.2, -0.15) is 0 Å². The molecule has 20 heavy (non-hydrogen) atoms. The molecule has 7 nitrogen and oxygen atoms in total. The number of amides is 1. The van der Waals surface area contributed by atoms with Crippen molar-refractivity contribution in [1.82, 2.24) is 0 Å². The van der Waals surface area contributed by atoms with E-state index in [4.69, 9.17) is 14.9 Å². The standard InChI is InChI=1S/C12H16NO6P/c1-7(8(2)12(15)16)11(14)13-9-4-3-5-10(6-9)20(17,18)19/h3-8H,1-2H3,(H,13,14)(H,15,16)(H2,17,18,19)/t7-,8-/m1/s1. The van der Waals surface area contributed by atoms with Gasteiger partial charge in [0.15, 0.2) is 0 Å². The van der Waals surface area contributed by atoms with Crippen LogP contribution in [0.25, 0.3) is 0 Å². The van der Waals surface area contributed by atoms with Gasteiger partial charge in [0.25, 0.3) is 0 Å². The van der Waals surface area contributed by atoms with E-state index in [-0.39, 0.29) is 11.0 Å². The van der Waals surface area contributed by atoms with E-state index in [0.717, 1.165) is 6.07 Å². The first kappa shape index (κ1) is 16.4. The third-order valence-electron chi connectivity index (χ3n) is 3.00. The summed E-state index contributed by atoms with van der Waals surface area (Å²) in [6.45, 7) is 2.89. The fourth-order valence-corrected chi connectivity index (χ4v) is 2.05. The molecule has 0 unspecified atom stereocenters. The lowest BCUT2D eigenvalue weighted by Crippen LogP contribution is -2.30. The van der Waals surface area contributed by atoms with Gasteiger partial charge >= 0.3 is 13.6 Å². The highest BCUT2D eigenvalue weighted by Crippen LogP contribution is 2.33. The Morgan fingerprint density at radius 3 is 2.30 bits per heavy atom. The molecule has 0 aliphatic rings. The summed E-state index contributed by atoms with van der Waals surface area (Å²) in [4.78, 5) is 40.7. The van der Waals surface area contributed by atoms with Crippen LogP contribution in [0.15, 0.2) is 24.3 Å². The van der Waals surface area contributed by atoms with Gasteiger partial charge in [-0.1, -0.05) is 19.9 Å². The third kappa shape index (κ3) is 4.16. The second-order valence-electron chi connectivity index (χ2n) is 4.50. The predicted molar refractivity (Wildman–Crippen MR) is 72.7 cm³/mol. The van der Waals surface area contributed by atoms with Gasteiger partial charge in [0.2, 0.25) is 5.91 Å². The maximum absolute atomic E-state index is 11.9. The molecule has 2 atom stereocenters. The average molecular weight is 301 g/mol. The zero-order valence-electron chi connectivity index (χ0n) is 11.0. The molecule has 0 aliphatic carbocycles. The largest absolute Gasteiger partial charge is 0.481 e. The second kappa shape index (κ2) is 6.17. The lowest BCUT2D eigenvalue weighted by molar-refractivity contribution is -0.145. The summed E-state index contributed by atoms with van der Waals surface area (Å²) in [5.41, 5.74) is 0.209. The minimum atomic E-state index is -4.39. The minimum Gasteiger partial charge on any atom is -0.481 e. The summed E-state index contributed by atoms with van der Waals surface area (Å²) >= 11 is 0. The van der Waals surface area contributed by atoms with Gasteiger partial charge in [-0.05, 0) is 18.2 Å². The van der Waals surface area contributed by atoms with E-state index in [1.165, 1.54) is 32.0 Å². The minimum absolute atomic E-state index is 0.209. The molecule has 0 heterocycles. The monoisotopic (exact) mass is 301 g/mol. The number of carbonyl (C=O) groups excluding carboxylic acids is 1. The molecular formula is C12H16NO6P. The first-order valence-corrected chi connectivity index (χ1v) is 7.44. The normalized spacial score (nSPS) is 14.4. The Kier molecular flexibility index (Phi) is 5.05. The van der Waals surface area contributed by atoms with Crippen molar-refractivity contribution in [2.45, 2.75) is 13.8 Å². The van der Waals surface area contributed by atoms with Crippen molar-refractivity contribution in [3.05, 3.63) is 24.3 Å².